The summed E-state index contributed by atoms with van der Waals surface area (Å²) in [4.78, 5) is 40.3. The van der Waals surface area contributed by atoms with Crippen molar-refractivity contribution in [2.75, 3.05) is 0 Å². The molecule has 1 aliphatic carbocycles. The highest BCUT2D eigenvalue weighted by Gasteiger charge is 2.54. The molecule has 2 aromatic rings. The highest BCUT2D eigenvalue weighted by Crippen LogP contribution is 2.44. The summed E-state index contributed by atoms with van der Waals surface area (Å²) >= 11 is 19.5. The van der Waals surface area contributed by atoms with Gasteiger partial charge in [-0.25, -0.2) is 5.01 Å². The quantitative estimate of drug-likeness (QED) is 0.351. The van der Waals surface area contributed by atoms with Crippen molar-refractivity contribution in [3.05, 3.63) is 69.7 Å². The fourth-order valence-corrected chi connectivity index (χ4v) is 5.64. The molecule has 1 heterocycles. The van der Waals surface area contributed by atoms with E-state index in [1.807, 2.05) is 0 Å². The van der Waals surface area contributed by atoms with Crippen LogP contribution in [0.5, 0.6) is 0 Å². The van der Waals surface area contributed by atoms with Gasteiger partial charge in [0.05, 0.1) is 18.4 Å². The van der Waals surface area contributed by atoms with Crippen molar-refractivity contribution in [1.29, 1.82) is 0 Å². The van der Waals surface area contributed by atoms with Crippen molar-refractivity contribution in [2.24, 2.45) is 11.8 Å². The molecule has 9 heteroatoms. The largest absolute Gasteiger partial charge is 0.273 e. The first-order valence-electron chi connectivity index (χ1n) is 9.74. The molecule has 0 unspecified atom stereocenters. The lowest BCUT2D eigenvalue weighted by molar-refractivity contribution is -0.155. The first-order chi connectivity index (χ1) is 14.8. The van der Waals surface area contributed by atoms with Gasteiger partial charge in [-0.05, 0) is 48.7 Å². The van der Waals surface area contributed by atoms with Crippen LogP contribution >= 0.6 is 55.1 Å². The molecule has 2 fully saturated rings. The van der Waals surface area contributed by atoms with Crippen LogP contribution in [0.2, 0.25) is 10.0 Å². The van der Waals surface area contributed by atoms with Gasteiger partial charge in [0.25, 0.3) is 17.7 Å². The van der Waals surface area contributed by atoms with Crippen molar-refractivity contribution in [1.82, 2.24) is 10.0 Å². The molecule has 2 aromatic carbocycles. The van der Waals surface area contributed by atoms with Gasteiger partial charge in [-0.1, -0.05) is 73.3 Å². The SMILES string of the molecule is O=C(c1ccc(Cl)cc1)N(Cc1ccccc1Cl)N1C(=O)[C@@H]2C[C@@H](Br)[C@@H](Br)C[C@H]2C1=O. The Hall–Kier alpha value is -1.41. The van der Waals surface area contributed by atoms with E-state index in [2.05, 4.69) is 31.9 Å². The summed E-state index contributed by atoms with van der Waals surface area (Å²) in [6, 6.07) is 13.4. The number of carbonyl (C=O) groups excluding carboxylic acids is 3. The third-order valence-corrected chi connectivity index (χ3v) is 9.09. The fraction of sp³-hybridized carbons (Fsp3) is 0.318. The molecule has 0 bridgehead atoms. The van der Waals surface area contributed by atoms with E-state index in [1.54, 1.807) is 48.5 Å². The number of amides is 3. The summed E-state index contributed by atoms with van der Waals surface area (Å²) in [7, 11) is 0. The molecule has 0 aromatic heterocycles. The van der Waals surface area contributed by atoms with E-state index in [-0.39, 0.29) is 28.0 Å². The van der Waals surface area contributed by atoms with E-state index in [4.69, 9.17) is 23.2 Å². The predicted molar refractivity (Wildman–Crippen MR) is 126 cm³/mol. The van der Waals surface area contributed by atoms with E-state index in [9.17, 15) is 14.4 Å². The second kappa shape index (κ2) is 9.22. The van der Waals surface area contributed by atoms with Crippen LogP contribution in [0.15, 0.2) is 48.5 Å². The third kappa shape index (κ3) is 4.42. The Balaban J connectivity index is 1.72. The number of fused-ring (bicyclic) bond motifs is 1. The van der Waals surface area contributed by atoms with E-state index >= 15 is 0 Å². The Bertz CT molecular complexity index is 1010. The molecule has 2 aliphatic rings. The summed E-state index contributed by atoms with van der Waals surface area (Å²) in [6.07, 6.45) is 1.05. The maximum atomic E-state index is 13.5. The molecule has 0 N–H and O–H groups in total. The second-order valence-electron chi connectivity index (χ2n) is 7.67. The summed E-state index contributed by atoms with van der Waals surface area (Å²) in [5.41, 5.74) is 0.961. The molecule has 1 saturated carbocycles. The van der Waals surface area contributed by atoms with Crippen molar-refractivity contribution < 1.29 is 14.4 Å². The van der Waals surface area contributed by atoms with Crippen LogP contribution in [-0.2, 0) is 16.1 Å². The van der Waals surface area contributed by atoms with Crippen molar-refractivity contribution in [3.8, 4) is 0 Å². The number of carbonyl (C=O) groups is 3. The lowest BCUT2D eigenvalue weighted by atomic mass is 9.81. The molecule has 4 rings (SSSR count). The van der Waals surface area contributed by atoms with Crippen molar-refractivity contribution >= 4 is 72.8 Å². The third-order valence-electron chi connectivity index (χ3n) is 5.73. The highest BCUT2D eigenvalue weighted by molar-refractivity contribution is 9.12. The normalized spacial score (nSPS) is 25.5. The molecular formula is C22H18Br2Cl2N2O3. The number of halogens is 4. The molecule has 31 heavy (non-hydrogen) atoms. The Labute approximate surface area is 206 Å². The van der Waals surface area contributed by atoms with Crippen LogP contribution in [-0.4, -0.2) is 37.4 Å². The highest BCUT2D eigenvalue weighted by atomic mass is 79.9. The van der Waals surface area contributed by atoms with E-state index in [0.29, 0.717) is 34.0 Å². The van der Waals surface area contributed by atoms with Crippen LogP contribution in [0.3, 0.4) is 0 Å². The topological polar surface area (TPSA) is 57.7 Å². The minimum Gasteiger partial charge on any atom is -0.272 e. The van der Waals surface area contributed by atoms with Crippen LogP contribution in [0.1, 0.15) is 28.8 Å². The number of rotatable bonds is 4. The first kappa shape index (κ1) is 22.8. The average Bonchev–Trinajstić information content (AvgIpc) is 2.98. The van der Waals surface area contributed by atoms with Gasteiger partial charge in [0.2, 0.25) is 0 Å². The monoisotopic (exact) mass is 586 g/mol. The van der Waals surface area contributed by atoms with E-state index in [0.717, 1.165) is 5.01 Å². The van der Waals surface area contributed by atoms with Crippen molar-refractivity contribution in [3.63, 3.8) is 0 Å². The molecule has 5 nitrogen and oxygen atoms in total. The number of alkyl halides is 2. The fourth-order valence-electron chi connectivity index (χ4n) is 4.08. The molecule has 1 aliphatic heterocycles. The molecular weight excluding hydrogens is 571 g/mol. The van der Waals surface area contributed by atoms with E-state index in [1.165, 1.54) is 5.01 Å². The van der Waals surface area contributed by atoms with Gasteiger partial charge in [-0.3, -0.25) is 14.4 Å². The average molecular weight is 589 g/mol. The van der Waals surface area contributed by atoms with Crippen LogP contribution in [0, 0.1) is 11.8 Å². The van der Waals surface area contributed by atoms with Crippen LogP contribution in [0.25, 0.3) is 0 Å². The van der Waals surface area contributed by atoms with Gasteiger partial charge < -0.3 is 0 Å². The number of benzene rings is 2. The molecule has 0 spiro atoms. The van der Waals surface area contributed by atoms with Crippen LogP contribution < -0.4 is 0 Å². The smallest absolute Gasteiger partial charge is 0.272 e. The molecule has 1 saturated heterocycles. The first-order valence-corrected chi connectivity index (χ1v) is 12.3. The molecule has 3 amide bonds. The zero-order valence-electron chi connectivity index (χ0n) is 16.2. The lowest BCUT2D eigenvalue weighted by Gasteiger charge is -2.31. The van der Waals surface area contributed by atoms with Gasteiger partial charge in [0.1, 0.15) is 0 Å². The minimum absolute atomic E-state index is 0.00641. The summed E-state index contributed by atoms with van der Waals surface area (Å²) in [6.45, 7) is -0.00641. The predicted octanol–water partition coefficient (Wildman–Crippen LogP) is 5.47. The molecule has 0 radical (unpaired) electrons. The maximum Gasteiger partial charge on any atom is 0.273 e. The number of nitrogens with zero attached hydrogens (tertiary/aromatic N) is 2. The zero-order valence-corrected chi connectivity index (χ0v) is 20.9. The van der Waals surface area contributed by atoms with Crippen LogP contribution in [0.4, 0.5) is 0 Å². The van der Waals surface area contributed by atoms with Gasteiger partial charge in [0, 0.05) is 25.3 Å². The molecule has 4 atom stereocenters. The Kier molecular flexibility index (Phi) is 6.77. The van der Waals surface area contributed by atoms with Gasteiger partial charge >= 0.3 is 0 Å². The Morgan fingerprint density at radius 1 is 0.935 bits per heavy atom. The number of hydrogen-bond donors (Lipinski definition) is 0. The number of hydrogen-bond acceptors (Lipinski definition) is 3. The van der Waals surface area contributed by atoms with Crippen molar-refractivity contribution in [2.45, 2.75) is 29.0 Å². The zero-order chi connectivity index (χ0) is 22.3. The summed E-state index contributed by atoms with van der Waals surface area (Å²) in [5, 5.41) is 3.18. The maximum absolute atomic E-state index is 13.5. The second-order valence-corrected chi connectivity index (χ2v) is 10.9. The lowest BCUT2D eigenvalue weighted by Crippen LogP contribution is -2.49. The summed E-state index contributed by atoms with van der Waals surface area (Å²) in [5.74, 6) is -2.10. The minimum atomic E-state index is -0.470. The molecule has 162 valence electrons. The summed E-state index contributed by atoms with van der Waals surface area (Å²) < 4.78 is 0. The van der Waals surface area contributed by atoms with Gasteiger partial charge in [-0.15, -0.1) is 0 Å². The van der Waals surface area contributed by atoms with Gasteiger partial charge in [0.15, 0.2) is 0 Å². The number of hydrazine groups is 1. The van der Waals surface area contributed by atoms with E-state index < -0.39 is 17.7 Å². The van der Waals surface area contributed by atoms with Gasteiger partial charge in [-0.2, -0.15) is 5.01 Å². The number of imide groups is 1. The Morgan fingerprint density at radius 2 is 1.48 bits per heavy atom. The standard InChI is InChI=1S/C22H18Br2Cl2N2O3/c23-17-9-15-16(10-18(17)24)22(31)28(21(15)30)27(11-13-3-1-2-4-19(13)26)20(29)12-5-7-14(25)8-6-12/h1-8,15-18H,9-11H2/t15-,16-,17-,18+/m1/s1. The Morgan fingerprint density at radius 3 is 2.03 bits per heavy atom.